The molecule has 0 unspecified atom stereocenters. The molecular weight excluding hydrogens is 365 g/mol. The fourth-order valence-corrected chi connectivity index (χ4v) is 3.21. The van der Waals surface area contributed by atoms with Gasteiger partial charge in [-0.05, 0) is 37.8 Å². The van der Waals surface area contributed by atoms with Crippen molar-refractivity contribution < 1.29 is 22.9 Å². The Labute approximate surface area is 152 Å². The molecule has 0 saturated carbocycles. The number of carbonyl (C=O) groups is 1. The molecule has 0 atom stereocenters. The third-order valence-corrected chi connectivity index (χ3v) is 4.43. The van der Waals surface area contributed by atoms with Gasteiger partial charge in [0, 0.05) is 29.1 Å². The lowest BCUT2D eigenvalue weighted by molar-refractivity contribution is -0.384. The Morgan fingerprint density at radius 2 is 1.85 bits per heavy atom. The summed E-state index contributed by atoms with van der Waals surface area (Å²) >= 11 is 0. The van der Waals surface area contributed by atoms with Crippen LogP contribution in [0, 0.1) is 10.1 Å². The molecule has 0 aliphatic heterocycles. The molecule has 1 aliphatic carbocycles. The maximum absolute atomic E-state index is 13.3. The van der Waals surface area contributed by atoms with Crippen LogP contribution in [0.1, 0.15) is 36.2 Å². The standard InChI is InChI=1S/C17H17F3N4O3/c18-17(19,20)16-13-4-2-1-3-5-14(13)23(22-16)10-15(25)21-11-6-8-12(9-7-11)24(26)27/h6-9H,1-5,10H2,(H,21,25). The lowest BCUT2D eigenvalue weighted by Gasteiger charge is -2.08. The number of nitro groups is 1. The molecule has 0 radical (unpaired) electrons. The molecule has 1 heterocycles. The summed E-state index contributed by atoms with van der Waals surface area (Å²) < 4.78 is 41.0. The van der Waals surface area contributed by atoms with Gasteiger partial charge in [0.05, 0.1) is 4.92 Å². The summed E-state index contributed by atoms with van der Waals surface area (Å²) in [6.07, 6.45) is -1.57. The molecule has 2 aromatic rings. The maximum atomic E-state index is 13.3. The fraction of sp³-hybridized carbons (Fsp3) is 0.412. The summed E-state index contributed by atoms with van der Waals surface area (Å²) in [7, 11) is 0. The Hall–Kier alpha value is -2.91. The van der Waals surface area contributed by atoms with E-state index in [1.165, 1.54) is 24.3 Å². The van der Waals surface area contributed by atoms with Crippen molar-refractivity contribution in [2.75, 3.05) is 5.32 Å². The smallest absolute Gasteiger partial charge is 0.324 e. The van der Waals surface area contributed by atoms with Crippen LogP contribution in [-0.4, -0.2) is 20.6 Å². The van der Waals surface area contributed by atoms with Crippen molar-refractivity contribution in [3.63, 3.8) is 0 Å². The number of rotatable bonds is 4. The first-order valence-electron chi connectivity index (χ1n) is 8.46. The third-order valence-electron chi connectivity index (χ3n) is 4.43. The summed E-state index contributed by atoms with van der Waals surface area (Å²) in [5.41, 5.74) is -0.0792. The van der Waals surface area contributed by atoms with Gasteiger partial charge in [-0.2, -0.15) is 18.3 Å². The number of amides is 1. The molecule has 1 N–H and O–H groups in total. The highest BCUT2D eigenvalue weighted by Crippen LogP contribution is 2.35. The average Bonchev–Trinajstić information content (AvgIpc) is 2.78. The summed E-state index contributed by atoms with van der Waals surface area (Å²) in [5, 5.41) is 16.8. The van der Waals surface area contributed by atoms with Gasteiger partial charge in [-0.25, -0.2) is 0 Å². The van der Waals surface area contributed by atoms with Gasteiger partial charge in [-0.3, -0.25) is 19.6 Å². The fourth-order valence-electron chi connectivity index (χ4n) is 3.21. The minimum absolute atomic E-state index is 0.125. The minimum Gasteiger partial charge on any atom is -0.324 e. The zero-order valence-corrected chi connectivity index (χ0v) is 14.3. The van der Waals surface area contributed by atoms with Crippen molar-refractivity contribution in [2.45, 2.75) is 44.8 Å². The lowest BCUT2D eigenvalue weighted by Crippen LogP contribution is -2.21. The quantitative estimate of drug-likeness (QED) is 0.496. The van der Waals surface area contributed by atoms with Crippen LogP contribution in [0.4, 0.5) is 24.5 Å². The zero-order chi connectivity index (χ0) is 19.6. The molecule has 1 amide bonds. The second-order valence-corrected chi connectivity index (χ2v) is 6.34. The predicted molar refractivity (Wildman–Crippen MR) is 90.2 cm³/mol. The maximum Gasteiger partial charge on any atom is 0.435 e. The Kier molecular flexibility index (Phi) is 5.15. The second kappa shape index (κ2) is 7.37. The number of hydrogen-bond donors (Lipinski definition) is 1. The second-order valence-electron chi connectivity index (χ2n) is 6.34. The van der Waals surface area contributed by atoms with Crippen LogP contribution in [0.5, 0.6) is 0 Å². The minimum atomic E-state index is -4.56. The van der Waals surface area contributed by atoms with E-state index in [0.29, 0.717) is 30.6 Å². The monoisotopic (exact) mass is 382 g/mol. The predicted octanol–water partition coefficient (Wildman–Crippen LogP) is 3.72. The highest BCUT2D eigenvalue weighted by Gasteiger charge is 2.39. The molecule has 1 aromatic carbocycles. The van der Waals surface area contributed by atoms with E-state index >= 15 is 0 Å². The molecular formula is C17H17F3N4O3. The molecule has 27 heavy (non-hydrogen) atoms. The number of aromatic nitrogens is 2. The third kappa shape index (κ3) is 4.26. The van der Waals surface area contributed by atoms with Crippen molar-refractivity contribution in [2.24, 2.45) is 0 Å². The van der Waals surface area contributed by atoms with E-state index in [1.807, 2.05) is 0 Å². The van der Waals surface area contributed by atoms with Crippen LogP contribution >= 0.6 is 0 Å². The molecule has 0 fully saturated rings. The van der Waals surface area contributed by atoms with Gasteiger partial charge < -0.3 is 5.32 Å². The summed E-state index contributed by atoms with van der Waals surface area (Å²) in [4.78, 5) is 22.3. The molecule has 7 nitrogen and oxygen atoms in total. The number of carbonyl (C=O) groups excluding carboxylic acids is 1. The van der Waals surface area contributed by atoms with Crippen LogP contribution in [-0.2, 0) is 30.4 Å². The van der Waals surface area contributed by atoms with Crippen molar-refractivity contribution in [3.8, 4) is 0 Å². The van der Waals surface area contributed by atoms with E-state index < -0.39 is 22.7 Å². The van der Waals surface area contributed by atoms with Crippen LogP contribution < -0.4 is 5.32 Å². The largest absolute Gasteiger partial charge is 0.435 e. The number of hydrogen-bond acceptors (Lipinski definition) is 4. The highest BCUT2D eigenvalue weighted by atomic mass is 19.4. The van der Waals surface area contributed by atoms with Crippen LogP contribution in [0.2, 0.25) is 0 Å². The number of fused-ring (bicyclic) bond motifs is 1. The first kappa shape index (κ1) is 18.9. The van der Waals surface area contributed by atoms with E-state index in [0.717, 1.165) is 17.5 Å². The number of halogens is 3. The number of non-ortho nitro benzene ring substituents is 1. The van der Waals surface area contributed by atoms with Crippen LogP contribution in [0.25, 0.3) is 0 Å². The lowest BCUT2D eigenvalue weighted by atomic mass is 10.1. The van der Waals surface area contributed by atoms with Gasteiger partial charge in [0.2, 0.25) is 5.91 Å². The normalized spacial score (nSPS) is 14.3. The van der Waals surface area contributed by atoms with Crippen molar-refractivity contribution in [1.29, 1.82) is 0 Å². The molecule has 3 rings (SSSR count). The van der Waals surface area contributed by atoms with Crippen molar-refractivity contribution >= 4 is 17.3 Å². The molecule has 0 saturated heterocycles. The van der Waals surface area contributed by atoms with E-state index in [4.69, 9.17) is 0 Å². The van der Waals surface area contributed by atoms with Crippen LogP contribution in [0.15, 0.2) is 24.3 Å². The van der Waals surface area contributed by atoms with Gasteiger partial charge in [0.15, 0.2) is 5.69 Å². The molecule has 144 valence electrons. The number of benzene rings is 1. The van der Waals surface area contributed by atoms with Gasteiger partial charge in [-0.15, -0.1) is 0 Å². The molecule has 10 heteroatoms. The summed E-state index contributed by atoms with van der Waals surface area (Å²) in [6, 6.07) is 5.19. The number of anilines is 1. The van der Waals surface area contributed by atoms with Crippen molar-refractivity contribution in [1.82, 2.24) is 9.78 Å². The Morgan fingerprint density at radius 1 is 1.19 bits per heavy atom. The average molecular weight is 382 g/mol. The highest BCUT2D eigenvalue weighted by molar-refractivity contribution is 5.90. The number of nitrogens with zero attached hydrogens (tertiary/aromatic N) is 3. The number of nitrogens with one attached hydrogen (secondary N) is 1. The molecule has 1 aliphatic rings. The van der Waals surface area contributed by atoms with E-state index in [9.17, 15) is 28.1 Å². The van der Waals surface area contributed by atoms with E-state index in [-0.39, 0.29) is 17.8 Å². The number of nitro benzene ring substituents is 1. The van der Waals surface area contributed by atoms with Crippen LogP contribution in [0.3, 0.4) is 0 Å². The SMILES string of the molecule is O=C(Cn1nc(C(F)(F)F)c2c1CCCCC2)Nc1ccc([N+](=O)[O-])cc1. The number of alkyl halides is 3. The van der Waals surface area contributed by atoms with Gasteiger partial charge in [0.25, 0.3) is 5.69 Å². The topological polar surface area (TPSA) is 90.1 Å². The summed E-state index contributed by atoms with van der Waals surface area (Å²) in [5.74, 6) is -0.549. The van der Waals surface area contributed by atoms with E-state index in [1.54, 1.807) is 0 Å². The summed E-state index contributed by atoms with van der Waals surface area (Å²) in [6.45, 7) is -0.352. The van der Waals surface area contributed by atoms with Gasteiger partial charge >= 0.3 is 6.18 Å². The van der Waals surface area contributed by atoms with Gasteiger partial charge in [-0.1, -0.05) is 6.42 Å². The molecule has 1 aromatic heterocycles. The molecule has 0 spiro atoms. The zero-order valence-electron chi connectivity index (χ0n) is 14.3. The van der Waals surface area contributed by atoms with E-state index in [2.05, 4.69) is 10.4 Å². The Balaban J connectivity index is 1.79. The Bertz CT molecular complexity index is 860. The first-order valence-corrected chi connectivity index (χ1v) is 8.46. The first-order chi connectivity index (χ1) is 12.8. The van der Waals surface area contributed by atoms with Crippen molar-refractivity contribution in [3.05, 3.63) is 51.3 Å². The Morgan fingerprint density at radius 3 is 2.48 bits per heavy atom. The van der Waals surface area contributed by atoms with Gasteiger partial charge in [0.1, 0.15) is 6.54 Å². The molecule has 0 bridgehead atoms.